The van der Waals surface area contributed by atoms with Crippen LogP contribution in [-0.2, 0) is 4.79 Å². The summed E-state index contributed by atoms with van der Waals surface area (Å²) in [4.78, 5) is 11.6. The lowest BCUT2D eigenvalue weighted by molar-refractivity contribution is -0.116. The monoisotopic (exact) mass is 304 g/mol. The maximum atomic E-state index is 13.7. The number of rotatable bonds is 7. The standard InChI is InChI=1S/C14H21FN2O2.ClH/c1-10(2)19-11-6-7-13(12(15)9-11)17-14(18)5-4-8-16-3;/h6-7,9-10,16H,4-5,8H2,1-3H3,(H,17,18);1H. The van der Waals surface area contributed by atoms with Crippen LogP contribution in [0, 0.1) is 5.82 Å². The van der Waals surface area contributed by atoms with Crippen LogP contribution in [0.2, 0.25) is 0 Å². The van der Waals surface area contributed by atoms with E-state index in [4.69, 9.17) is 4.74 Å². The van der Waals surface area contributed by atoms with E-state index >= 15 is 0 Å². The molecule has 1 rings (SSSR count). The molecule has 6 heteroatoms. The van der Waals surface area contributed by atoms with E-state index in [2.05, 4.69) is 10.6 Å². The van der Waals surface area contributed by atoms with Gasteiger partial charge in [-0.05, 0) is 46.0 Å². The van der Waals surface area contributed by atoms with Crippen molar-refractivity contribution in [2.75, 3.05) is 18.9 Å². The summed E-state index contributed by atoms with van der Waals surface area (Å²) in [6, 6.07) is 4.44. The highest BCUT2D eigenvalue weighted by Crippen LogP contribution is 2.21. The lowest BCUT2D eigenvalue weighted by Gasteiger charge is -2.11. The zero-order valence-electron chi connectivity index (χ0n) is 12.0. The molecule has 0 unspecified atom stereocenters. The first-order chi connectivity index (χ1) is 9.02. The highest BCUT2D eigenvalue weighted by atomic mass is 35.5. The van der Waals surface area contributed by atoms with Crippen LogP contribution in [-0.4, -0.2) is 25.6 Å². The molecular weight excluding hydrogens is 283 g/mol. The van der Waals surface area contributed by atoms with Crippen LogP contribution in [0.25, 0.3) is 0 Å². The fraction of sp³-hybridized carbons (Fsp3) is 0.500. The molecule has 0 aliphatic heterocycles. The molecule has 1 amide bonds. The summed E-state index contributed by atoms with van der Waals surface area (Å²) in [5.41, 5.74) is 0.186. The lowest BCUT2D eigenvalue weighted by atomic mass is 10.2. The zero-order chi connectivity index (χ0) is 14.3. The van der Waals surface area contributed by atoms with Crippen LogP contribution in [0.15, 0.2) is 18.2 Å². The Hall–Kier alpha value is -1.33. The van der Waals surface area contributed by atoms with E-state index in [0.717, 1.165) is 13.0 Å². The van der Waals surface area contributed by atoms with Gasteiger partial charge in [-0.3, -0.25) is 4.79 Å². The molecule has 0 radical (unpaired) electrons. The molecular formula is C14H22ClFN2O2. The summed E-state index contributed by atoms with van der Waals surface area (Å²) in [5.74, 6) is -0.215. The summed E-state index contributed by atoms with van der Waals surface area (Å²) in [5, 5.41) is 5.51. The van der Waals surface area contributed by atoms with Crippen LogP contribution in [0.5, 0.6) is 5.75 Å². The van der Waals surface area contributed by atoms with Gasteiger partial charge in [0.1, 0.15) is 11.6 Å². The number of hydrogen-bond donors (Lipinski definition) is 2. The molecule has 0 heterocycles. The molecule has 0 fully saturated rings. The van der Waals surface area contributed by atoms with Gasteiger partial charge >= 0.3 is 0 Å². The number of halogens is 2. The van der Waals surface area contributed by atoms with Gasteiger partial charge in [0, 0.05) is 12.5 Å². The quantitative estimate of drug-likeness (QED) is 0.762. The molecule has 0 atom stereocenters. The average Bonchev–Trinajstić information content (AvgIpc) is 2.32. The second-order valence-electron chi connectivity index (χ2n) is 4.56. The second kappa shape index (κ2) is 9.55. The van der Waals surface area contributed by atoms with Crippen LogP contribution in [0.1, 0.15) is 26.7 Å². The number of benzene rings is 1. The van der Waals surface area contributed by atoms with Gasteiger partial charge in [0.2, 0.25) is 5.91 Å². The third kappa shape index (κ3) is 6.73. The Bertz CT molecular complexity index is 428. The summed E-state index contributed by atoms with van der Waals surface area (Å²) >= 11 is 0. The van der Waals surface area contributed by atoms with E-state index < -0.39 is 5.82 Å². The SMILES string of the molecule is CNCCCC(=O)Nc1ccc(OC(C)C)cc1F.Cl. The maximum Gasteiger partial charge on any atom is 0.224 e. The van der Waals surface area contributed by atoms with Crippen molar-refractivity contribution in [1.82, 2.24) is 5.32 Å². The van der Waals surface area contributed by atoms with Crippen LogP contribution >= 0.6 is 12.4 Å². The third-order valence-corrected chi connectivity index (χ3v) is 2.42. The Kier molecular flexibility index (Phi) is 8.92. The molecule has 0 aliphatic carbocycles. The first kappa shape index (κ1) is 18.7. The first-order valence-electron chi connectivity index (χ1n) is 6.43. The normalized spacial score (nSPS) is 10.1. The molecule has 2 N–H and O–H groups in total. The number of anilines is 1. The minimum Gasteiger partial charge on any atom is -0.491 e. The third-order valence-electron chi connectivity index (χ3n) is 2.42. The highest BCUT2D eigenvalue weighted by Gasteiger charge is 2.08. The number of nitrogens with one attached hydrogen (secondary N) is 2. The molecule has 114 valence electrons. The van der Waals surface area contributed by atoms with E-state index in [1.54, 1.807) is 6.07 Å². The zero-order valence-corrected chi connectivity index (χ0v) is 12.8. The summed E-state index contributed by atoms with van der Waals surface area (Å²) in [6.45, 7) is 4.50. The smallest absolute Gasteiger partial charge is 0.224 e. The summed E-state index contributed by atoms with van der Waals surface area (Å²) < 4.78 is 19.1. The first-order valence-corrected chi connectivity index (χ1v) is 6.43. The summed E-state index contributed by atoms with van der Waals surface area (Å²) in [6.07, 6.45) is 1.07. The van der Waals surface area contributed by atoms with Crippen molar-refractivity contribution in [2.45, 2.75) is 32.8 Å². The summed E-state index contributed by atoms with van der Waals surface area (Å²) in [7, 11) is 1.82. The molecule has 20 heavy (non-hydrogen) atoms. The predicted molar refractivity (Wildman–Crippen MR) is 81.2 cm³/mol. The number of carbonyl (C=O) groups excluding carboxylic acids is 1. The van der Waals surface area contributed by atoms with Crippen molar-refractivity contribution in [3.8, 4) is 5.75 Å². The Labute approximate surface area is 125 Å². The van der Waals surface area contributed by atoms with Gasteiger partial charge in [0.05, 0.1) is 11.8 Å². The van der Waals surface area contributed by atoms with Crippen molar-refractivity contribution in [1.29, 1.82) is 0 Å². The number of carbonyl (C=O) groups is 1. The van der Waals surface area contributed by atoms with Crippen molar-refractivity contribution in [3.05, 3.63) is 24.0 Å². The average molecular weight is 305 g/mol. The lowest BCUT2D eigenvalue weighted by Crippen LogP contribution is -2.16. The Morgan fingerprint density at radius 1 is 1.40 bits per heavy atom. The molecule has 0 saturated carbocycles. The van der Waals surface area contributed by atoms with Crippen molar-refractivity contribution in [2.24, 2.45) is 0 Å². The van der Waals surface area contributed by atoms with Crippen LogP contribution in [0.3, 0.4) is 0 Å². The minimum absolute atomic E-state index is 0. The number of amides is 1. The Morgan fingerprint density at radius 2 is 2.10 bits per heavy atom. The van der Waals surface area contributed by atoms with Gasteiger partial charge in [0.15, 0.2) is 0 Å². The molecule has 0 saturated heterocycles. The van der Waals surface area contributed by atoms with Gasteiger partial charge in [0.25, 0.3) is 0 Å². The molecule has 1 aromatic rings. The van der Waals surface area contributed by atoms with E-state index in [-0.39, 0.29) is 30.1 Å². The number of ether oxygens (including phenoxy) is 1. The number of hydrogen-bond acceptors (Lipinski definition) is 3. The van der Waals surface area contributed by atoms with Crippen molar-refractivity contribution < 1.29 is 13.9 Å². The molecule has 0 bridgehead atoms. The second-order valence-corrected chi connectivity index (χ2v) is 4.56. The highest BCUT2D eigenvalue weighted by molar-refractivity contribution is 5.90. The Morgan fingerprint density at radius 3 is 2.65 bits per heavy atom. The van der Waals surface area contributed by atoms with Gasteiger partial charge in [-0.2, -0.15) is 0 Å². The molecule has 0 aliphatic rings. The fourth-order valence-electron chi connectivity index (χ4n) is 1.58. The molecule has 4 nitrogen and oxygen atoms in total. The van der Waals surface area contributed by atoms with Gasteiger partial charge < -0.3 is 15.4 Å². The Balaban J connectivity index is 0.00000361. The van der Waals surface area contributed by atoms with Crippen molar-refractivity contribution >= 4 is 24.0 Å². The molecule has 0 spiro atoms. The molecule has 0 aromatic heterocycles. The van der Waals surface area contributed by atoms with Crippen molar-refractivity contribution in [3.63, 3.8) is 0 Å². The van der Waals surface area contributed by atoms with E-state index in [9.17, 15) is 9.18 Å². The maximum absolute atomic E-state index is 13.7. The van der Waals surface area contributed by atoms with E-state index in [0.29, 0.717) is 12.2 Å². The van der Waals surface area contributed by atoms with Crippen LogP contribution in [0.4, 0.5) is 10.1 Å². The molecule has 1 aromatic carbocycles. The van der Waals surface area contributed by atoms with Gasteiger partial charge in [-0.25, -0.2) is 4.39 Å². The predicted octanol–water partition coefficient (Wildman–Crippen LogP) is 2.97. The topological polar surface area (TPSA) is 50.4 Å². The fourth-order valence-corrected chi connectivity index (χ4v) is 1.58. The minimum atomic E-state index is -0.486. The van der Waals surface area contributed by atoms with Crippen LogP contribution < -0.4 is 15.4 Å². The largest absolute Gasteiger partial charge is 0.491 e. The van der Waals surface area contributed by atoms with Gasteiger partial charge in [-0.15, -0.1) is 12.4 Å². The van der Waals surface area contributed by atoms with E-state index in [1.807, 2.05) is 20.9 Å². The van der Waals surface area contributed by atoms with E-state index in [1.165, 1.54) is 12.1 Å². The van der Waals surface area contributed by atoms with Gasteiger partial charge in [-0.1, -0.05) is 0 Å².